The molecule has 1 aliphatic heterocycles. The minimum Gasteiger partial charge on any atom is -0.461 e. The number of ether oxygens (including phenoxy) is 1. The van der Waals surface area contributed by atoms with Crippen molar-refractivity contribution in [2.45, 2.75) is 19.8 Å². The molecule has 4 rings (SSSR count). The molecule has 0 fully saturated rings. The Morgan fingerprint density at radius 2 is 2.23 bits per heavy atom. The first-order chi connectivity index (χ1) is 10.8. The predicted octanol–water partition coefficient (Wildman–Crippen LogP) is 2.39. The standard InChI is InChI=1S/C15H14N4O3/c1-19(15-16-6-10-8-20-9-12(10)17-15)7-11-5-14(22-18-11)13-3-2-4-21-13/h2-6H,7-9H2,1H3. The van der Waals surface area contributed by atoms with Crippen molar-refractivity contribution in [1.29, 1.82) is 0 Å². The van der Waals surface area contributed by atoms with Crippen LogP contribution < -0.4 is 4.90 Å². The van der Waals surface area contributed by atoms with Crippen molar-refractivity contribution in [2.24, 2.45) is 0 Å². The minimum atomic E-state index is 0.545. The Balaban J connectivity index is 1.51. The van der Waals surface area contributed by atoms with E-state index in [-0.39, 0.29) is 0 Å². The lowest BCUT2D eigenvalue weighted by Crippen LogP contribution is -2.19. The van der Waals surface area contributed by atoms with Crippen LogP contribution in [0.3, 0.4) is 0 Å². The smallest absolute Gasteiger partial charge is 0.225 e. The van der Waals surface area contributed by atoms with E-state index in [1.807, 2.05) is 36.3 Å². The van der Waals surface area contributed by atoms with E-state index in [1.165, 1.54) is 0 Å². The fourth-order valence-corrected chi connectivity index (χ4v) is 2.35. The van der Waals surface area contributed by atoms with Crippen molar-refractivity contribution >= 4 is 5.95 Å². The van der Waals surface area contributed by atoms with Crippen molar-refractivity contribution < 1.29 is 13.7 Å². The van der Waals surface area contributed by atoms with Gasteiger partial charge in [0.1, 0.15) is 5.69 Å². The van der Waals surface area contributed by atoms with E-state index < -0.39 is 0 Å². The van der Waals surface area contributed by atoms with Gasteiger partial charge in [0.2, 0.25) is 11.7 Å². The van der Waals surface area contributed by atoms with Gasteiger partial charge in [-0.3, -0.25) is 0 Å². The maximum Gasteiger partial charge on any atom is 0.225 e. The summed E-state index contributed by atoms with van der Waals surface area (Å²) in [6, 6.07) is 5.49. The van der Waals surface area contributed by atoms with Crippen LogP contribution in [0.15, 0.2) is 39.6 Å². The second kappa shape index (κ2) is 5.27. The lowest BCUT2D eigenvalue weighted by molar-refractivity contribution is 0.133. The summed E-state index contributed by atoms with van der Waals surface area (Å²) in [5.41, 5.74) is 2.79. The topological polar surface area (TPSA) is 77.4 Å². The number of nitrogens with zero attached hydrogens (tertiary/aromatic N) is 4. The molecular weight excluding hydrogens is 284 g/mol. The van der Waals surface area contributed by atoms with E-state index in [1.54, 1.807) is 6.26 Å². The first-order valence-corrected chi connectivity index (χ1v) is 6.93. The number of hydrogen-bond acceptors (Lipinski definition) is 7. The highest BCUT2D eigenvalue weighted by atomic mass is 16.5. The third-order valence-corrected chi connectivity index (χ3v) is 3.50. The number of aromatic nitrogens is 3. The maximum absolute atomic E-state index is 5.35. The molecular formula is C15H14N4O3. The Morgan fingerprint density at radius 1 is 1.27 bits per heavy atom. The maximum atomic E-state index is 5.35. The zero-order valence-corrected chi connectivity index (χ0v) is 12.0. The average molecular weight is 298 g/mol. The molecule has 0 aliphatic carbocycles. The van der Waals surface area contributed by atoms with Crippen LogP contribution in [-0.2, 0) is 24.5 Å². The fourth-order valence-electron chi connectivity index (χ4n) is 2.35. The molecule has 0 saturated carbocycles. The molecule has 112 valence electrons. The summed E-state index contributed by atoms with van der Waals surface area (Å²) in [6.45, 7) is 1.68. The van der Waals surface area contributed by atoms with E-state index in [2.05, 4.69) is 15.1 Å². The van der Waals surface area contributed by atoms with Crippen LogP contribution in [0.1, 0.15) is 17.0 Å². The lowest BCUT2D eigenvalue weighted by Gasteiger charge is -2.15. The zero-order chi connectivity index (χ0) is 14.9. The number of anilines is 1. The predicted molar refractivity (Wildman–Crippen MR) is 76.8 cm³/mol. The highest BCUT2D eigenvalue weighted by Crippen LogP contribution is 2.22. The highest BCUT2D eigenvalue weighted by Gasteiger charge is 2.17. The summed E-state index contributed by atoms with van der Waals surface area (Å²) in [6.07, 6.45) is 3.42. The van der Waals surface area contributed by atoms with Crippen LogP contribution in [0.5, 0.6) is 0 Å². The summed E-state index contributed by atoms with van der Waals surface area (Å²) < 4.78 is 15.9. The molecule has 0 saturated heterocycles. The molecule has 0 radical (unpaired) electrons. The van der Waals surface area contributed by atoms with Crippen molar-refractivity contribution in [1.82, 2.24) is 15.1 Å². The van der Waals surface area contributed by atoms with E-state index >= 15 is 0 Å². The first kappa shape index (κ1) is 13.0. The first-order valence-electron chi connectivity index (χ1n) is 6.93. The monoisotopic (exact) mass is 298 g/mol. The summed E-state index contributed by atoms with van der Waals surface area (Å²) in [7, 11) is 1.92. The molecule has 0 atom stereocenters. The number of rotatable bonds is 4. The van der Waals surface area contributed by atoms with Gasteiger partial charge < -0.3 is 18.6 Å². The Kier molecular flexibility index (Phi) is 3.12. The number of furan rings is 1. The zero-order valence-electron chi connectivity index (χ0n) is 12.0. The van der Waals surface area contributed by atoms with Crippen molar-refractivity contribution in [3.63, 3.8) is 0 Å². The van der Waals surface area contributed by atoms with Gasteiger partial charge in [-0.15, -0.1) is 0 Å². The molecule has 0 amide bonds. The van der Waals surface area contributed by atoms with Gasteiger partial charge in [-0.25, -0.2) is 9.97 Å². The Bertz CT molecular complexity index is 782. The average Bonchev–Trinajstić information content (AvgIpc) is 3.27. The molecule has 3 aromatic heterocycles. The molecule has 0 aromatic carbocycles. The van der Waals surface area contributed by atoms with Gasteiger partial charge in [-0.05, 0) is 12.1 Å². The van der Waals surface area contributed by atoms with Crippen LogP contribution in [0.2, 0.25) is 0 Å². The molecule has 22 heavy (non-hydrogen) atoms. The second-order valence-corrected chi connectivity index (χ2v) is 5.15. The van der Waals surface area contributed by atoms with E-state index in [0.717, 1.165) is 17.0 Å². The van der Waals surface area contributed by atoms with Crippen LogP contribution in [0.4, 0.5) is 5.95 Å². The molecule has 7 nitrogen and oxygen atoms in total. The molecule has 3 aromatic rings. The van der Waals surface area contributed by atoms with E-state index in [4.69, 9.17) is 13.7 Å². The van der Waals surface area contributed by atoms with Crippen molar-refractivity contribution in [2.75, 3.05) is 11.9 Å². The van der Waals surface area contributed by atoms with Gasteiger partial charge in [-0.1, -0.05) is 5.16 Å². The van der Waals surface area contributed by atoms with E-state index in [0.29, 0.717) is 37.2 Å². The minimum absolute atomic E-state index is 0.545. The number of hydrogen-bond donors (Lipinski definition) is 0. The molecule has 7 heteroatoms. The third kappa shape index (κ3) is 2.35. The molecule has 0 bridgehead atoms. The molecule has 0 N–H and O–H groups in total. The molecule has 4 heterocycles. The Labute approximate surface area is 126 Å². The second-order valence-electron chi connectivity index (χ2n) is 5.15. The fraction of sp³-hybridized carbons (Fsp3) is 0.267. The normalized spacial score (nSPS) is 13.3. The summed E-state index contributed by atoms with van der Waals surface area (Å²) >= 11 is 0. The van der Waals surface area contributed by atoms with Gasteiger partial charge in [0.05, 0.1) is 31.7 Å². The van der Waals surface area contributed by atoms with Crippen LogP contribution in [0.25, 0.3) is 11.5 Å². The molecule has 0 spiro atoms. The Morgan fingerprint density at radius 3 is 3.09 bits per heavy atom. The van der Waals surface area contributed by atoms with Gasteiger partial charge >= 0.3 is 0 Å². The lowest BCUT2D eigenvalue weighted by atomic mass is 10.3. The van der Waals surface area contributed by atoms with Gasteiger partial charge in [-0.2, -0.15) is 0 Å². The van der Waals surface area contributed by atoms with E-state index in [9.17, 15) is 0 Å². The van der Waals surface area contributed by atoms with Crippen molar-refractivity contribution in [3.05, 3.63) is 47.6 Å². The van der Waals surface area contributed by atoms with Crippen molar-refractivity contribution in [3.8, 4) is 11.5 Å². The SMILES string of the molecule is CN(Cc1cc(-c2ccco2)on1)c1ncc2c(n1)COC2. The Hall–Kier alpha value is -2.67. The third-order valence-electron chi connectivity index (χ3n) is 3.50. The van der Waals surface area contributed by atoms with Crippen LogP contribution >= 0.6 is 0 Å². The van der Waals surface area contributed by atoms with Crippen LogP contribution in [0, 0.1) is 0 Å². The summed E-state index contributed by atoms with van der Waals surface area (Å²) in [5, 5.41) is 4.05. The number of fused-ring (bicyclic) bond motifs is 1. The quantitative estimate of drug-likeness (QED) is 0.731. The van der Waals surface area contributed by atoms with Gasteiger partial charge in [0.25, 0.3) is 0 Å². The highest BCUT2D eigenvalue weighted by molar-refractivity contribution is 5.49. The summed E-state index contributed by atoms with van der Waals surface area (Å²) in [4.78, 5) is 10.8. The van der Waals surface area contributed by atoms with Gasteiger partial charge in [0.15, 0.2) is 5.76 Å². The largest absolute Gasteiger partial charge is 0.461 e. The summed E-state index contributed by atoms with van der Waals surface area (Å²) in [5.74, 6) is 1.91. The molecule has 1 aliphatic rings. The van der Waals surface area contributed by atoms with Crippen LogP contribution in [-0.4, -0.2) is 22.2 Å². The van der Waals surface area contributed by atoms with Gasteiger partial charge in [0, 0.05) is 24.9 Å². The molecule has 0 unspecified atom stereocenters.